The zero-order valence-electron chi connectivity index (χ0n) is 12.2. The molecule has 0 aromatic carbocycles. The highest BCUT2D eigenvalue weighted by atomic mass is 35.5. The molecule has 1 fully saturated rings. The van der Waals surface area contributed by atoms with Crippen LogP contribution in [0.3, 0.4) is 0 Å². The fourth-order valence-electron chi connectivity index (χ4n) is 2.94. The standard InChI is InChI=1S/C14H23ClN2O2S/c1-3-13-8-14(17(4-2)16-13)7-12(9-15)11-5-6-20(18,19)10-11/h8,11-12H,3-7,9-10H2,1-2H3. The first-order valence-electron chi connectivity index (χ1n) is 7.31. The normalized spacial score (nSPS) is 23.1. The monoisotopic (exact) mass is 318 g/mol. The van der Waals surface area contributed by atoms with E-state index < -0.39 is 9.84 Å². The van der Waals surface area contributed by atoms with Gasteiger partial charge in [-0.25, -0.2) is 8.42 Å². The lowest BCUT2D eigenvalue weighted by molar-refractivity contribution is 0.387. The average molecular weight is 319 g/mol. The van der Waals surface area contributed by atoms with E-state index in [1.54, 1.807) is 0 Å². The summed E-state index contributed by atoms with van der Waals surface area (Å²) in [5.41, 5.74) is 2.27. The molecule has 2 atom stereocenters. The van der Waals surface area contributed by atoms with E-state index in [0.717, 1.165) is 31.5 Å². The van der Waals surface area contributed by atoms with Crippen LogP contribution in [-0.2, 0) is 29.2 Å². The minimum Gasteiger partial charge on any atom is -0.270 e. The summed E-state index contributed by atoms with van der Waals surface area (Å²) < 4.78 is 25.3. The molecule has 1 aliphatic heterocycles. The molecule has 1 aromatic heterocycles. The van der Waals surface area contributed by atoms with Gasteiger partial charge in [0.2, 0.25) is 0 Å². The fraction of sp³-hybridized carbons (Fsp3) is 0.786. The predicted molar refractivity (Wildman–Crippen MR) is 82.0 cm³/mol. The summed E-state index contributed by atoms with van der Waals surface area (Å²) in [6, 6.07) is 2.13. The number of aromatic nitrogens is 2. The van der Waals surface area contributed by atoms with Crippen LogP contribution in [-0.4, -0.2) is 35.6 Å². The van der Waals surface area contributed by atoms with Gasteiger partial charge in [-0.2, -0.15) is 5.10 Å². The van der Waals surface area contributed by atoms with Crippen molar-refractivity contribution in [3.8, 4) is 0 Å². The van der Waals surface area contributed by atoms with E-state index in [2.05, 4.69) is 25.0 Å². The molecule has 1 aromatic rings. The number of alkyl halides is 1. The predicted octanol–water partition coefficient (Wildman–Crippen LogP) is 2.30. The third kappa shape index (κ3) is 3.55. The third-order valence-electron chi connectivity index (χ3n) is 4.18. The summed E-state index contributed by atoms with van der Waals surface area (Å²) >= 11 is 6.10. The Morgan fingerprint density at radius 1 is 1.50 bits per heavy atom. The molecule has 0 spiro atoms. The topological polar surface area (TPSA) is 52.0 Å². The van der Waals surface area contributed by atoms with Gasteiger partial charge in [0.25, 0.3) is 0 Å². The van der Waals surface area contributed by atoms with Gasteiger partial charge in [0.15, 0.2) is 9.84 Å². The van der Waals surface area contributed by atoms with E-state index in [9.17, 15) is 8.42 Å². The first-order chi connectivity index (χ1) is 9.49. The SMILES string of the molecule is CCc1cc(CC(CCl)C2CCS(=O)(=O)C2)n(CC)n1. The molecule has 0 N–H and O–H groups in total. The Labute approximate surface area is 126 Å². The summed E-state index contributed by atoms with van der Waals surface area (Å²) in [7, 11) is -2.84. The first kappa shape index (κ1) is 15.8. The molecule has 4 nitrogen and oxygen atoms in total. The highest BCUT2D eigenvalue weighted by molar-refractivity contribution is 7.91. The molecule has 2 unspecified atom stereocenters. The molecule has 0 saturated carbocycles. The maximum Gasteiger partial charge on any atom is 0.150 e. The highest BCUT2D eigenvalue weighted by Crippen LogP contribution is 2.29. The van der Waals surface area contributed by atoms with E-state index in [0.29, 0.717) is 17.4 Å². The highest BCUT2D eigenvalue weighted by Gasteiger charge is 2.33. The summed E-state index contributed by atoms with van der Waals surface area (Å²) in [4.78, 5) is 0. The van der Waals surface area contributed by atoms with Crippen LogP contribution in [0.2, 0.25) is 0 Å². The van der Waals surface area contributed by atoms with Crippen LogP contribution in [0, 0.1) is 11.8 Å². The molecule has 1 aliphatic rings. The van der Waals surface area contributed by atoms with Gasteiger partial charge in [-0.1, -0.05) is 6.92 Å². The molecule has 0 bridgehead atoms. The molecule has 2 heterocycles. The van der Waals surface area contributed by atoms with Gasteiger partial charge in [-0.05, 0) is 44.1 Å². The van der Waals surface area contributed by atoms with Crippen LogP contribution >= 0.6 is 11.6 Å². The molecular formula is C14H23ClN2O2S. The zero-order chi connectivity index (χ0) is 14.8. The van der Waals surface area contributed by atoms with Crippen molar-refractivity contribution in [1.82, 2.24) is 9.78 Å². The van der Waals surface area contributed by atoms with Gasteiger partial charge in [-0.3, -0.25) is 4.68 Å². The third-order valence-corrected chi connectivity index (χ3v) is 6.37. The van der Waals surface area contributed by atoms with E-state index in [1.165, 1.54) is 5.69 Å². The summed E-state index contributed by atoms with van der Waals surface area (Å²) in [5, 5.41) is 4.55. The second-order valence-electron chi connectivity index (χ2n) is 5.58. The van der Waals surface area contributed by atoms with Crippen LogP contribution in [0.4, 0.5) is 0 Å². The van der Waals surface area contributed by atoms with Crippen LogP contribution < -0.4 is 0 Å². The van der Waals surface area contributed by atoms with Crippen molar-refractivity contribution in [3.63, 3.8) is 0 Å². The first-order valence-corrected chi connectivity index (χ1v) is 9.66. The van der Waals surface area contributed by atoms with Gasteiger partial charge in [0, 0.05) is 18.1 Å². The van der Waals surface area contributed by atoms with E-state index in [1.807, 2.05) is 4.68 Å². The van der Waals surface area contributed by atoms with Gasteiger partial charge in [0.05, 0.1) is 17.2 Å². The molecule has 114 valence electrons. The van der Waals surface area contributed by atoms with Crippen molar-refractivity contribution in [2.45, 2.75) is 39.7 Å². The lowest BCUT2D eigenvalue weighted by Gasteiger charge is -2.20. The molecule has 2 rings (SSSR count). The van der Waals surface area contributed by atoms with Crippen molar-refractivity contribution < 1.29 is 8.42 Å². The van der Waals surface area contributed by atoms with Crippen LogP contribution in [0.1, 0.15) is 31.7 Å². The van der Waals surface area contributed by atoms with Crippen molar-refractivity contribution in [2.75, 3.05) is 17.4 Å². The second-order valence-corrected chi connectivity index (χ2v) is 8.12. The Morgan fingerprint density at radius 3 is 2.75 bits per heavy atom. The molecule has 6 heteroatoms. The quantitative estimate of drug-likeness (QED) is 0.756. The zero-order valence-corrected chi connectivity index (χ0v) is 13.8. The molecule has 0 aliphatic carbocycles. The van der Waals surface area contributed by atoms with Crippen molar-refractivity contribution in [1.29, 1.82) is 0 Å². The van der Waals surface area contributed by atoms with Crippen molar-refractivity contribution in [2.24, 2.45) is 11.8 Å². The van der Waals surface area contributed by atoms with Crippen LogP contribution in [0.5, 0.6) is 0 Å². The summed E-state index contributed by atoms with van der Waals surface area (Å²) in [6.45, 7) is 5.01. The largest absolute Gasteiger partial charge is 0.270 e. The molecular weight excluding hydrogens is 296 g/mol. The van der Waals surface area contributed by atoms with E-state index in [-0.39, 0.29) is 11.8 Å². The van der Waals surface area contributed by atoms with Crippen LogP contribution in [0.25, 0.3) is 0 Å². The fourth-order valence-corrected chi connectivity index (χ4v) is 5.22. The number of hydrogen-bond donors (Lipinski definition) is 0. The van der Waals surface area contributed by atoms with Crippen molar-refractivity contribution >= 4 is 21.4 Å². The van der Waals surface area contributed by atoms with Crippen LogP contribution in [0.15, 0.2) is 6.07 Å². The second kappa shape index (κ2) is 6.48. The Hall–Kier alpha value is -0.550. The summed E-state index contributed by atoms with van der Waals surface area (Å²) in [6.07, 6.45) is 2.49. The van der Waals surface area contributed by atoms with E-state index >= 15 is 0 Å². The average Bonchev–Trinajstić information content (AvgIpc) is 2.98. The Balaban J connectivity index is 2.12. The molecule has 0 radical (unpaired) electrons. The molecule has 0 amide bonds. The number of rotatable bonds is 6. The van der Waals surface area contributed by atoms with Gasteiger partial charge >= 0.3 is 0 Å². The number of sulfone groups is 1. The smallest absolute Gasteiger partial charge is 0.150 e. The Kier molecular flexibility index (Phi) is 5.13. The summed E-state index contributed by atoms with van der Waals surface area (Å²) in [5.74, 6) is 1.54. The minimum absolute atomic E-state index is 0.197. The molecule has 20 heavy (non-hydrogen) atoms. The Bertz CT molecular complexity index is 554. The van der Waals surface area contributed by atoms with Gasteiger partial charge in [-0.15, -0.1) is 11.6 Å². The number of halogens is 1. The number of nitrogens with zero attached hydrogens (tertiary/aromatic N) is 2. The lowest BCUT2D eigenvalue weighted by Crippen LogP contribution is -2.21. The van der Waals surface area contributed by atoms with Crippen molar-refractivity contribution in [3.05, 3.63) is 17.5 Å². The van der Waals surface area contributed by atoms with Gasteiger partial charge in [0.1, 0.15) is 0 Å². The lowest BCUT2D eigenvalue weighted by atomic mass is 9.89. The number of aryl methyl sites for hydroxylation is 2. The maximum atomic E-state index is 11.6. The van der Waals surface area contributed by atoms with Gasteiger partial charge < -0.3 is 0 Å². The molecule has 1 saturated heterocycles. The Morgan fingerprint density at radius 2 is 2.25 bits per heavy atom. The van der Waals surface area contributed by atoms with E-state index in [4.69, 9.17) is 11.6 Å². The minimum atomic E-state index is -2.84. The maximum absolute atomic E-state index is 11.6. The number of hydrogen-bond acceptors (Lipinski definition) is 3.